The maximum Gasteiger partial charge on any atom is 0.254 e. The normalized spacial score (nSPS) is 24.9. The Hall–Kier alpha value is -1.50. The van der Waals surface area contributed by atoms with E-state index in [1.807, 2.05) is 0 Å². The molecular weight excluding hydrogens is 286 g/mol. The van der Waals surface area contributed by atoms with Crippen LogP contribution in [0.25, 0.3) is 0 Å². The second-order valence-corrected chi connectivity index (χ2v) is 5.23. The van der Waals surface area contributed by atoms with Crippen LogP contribution in [0.1, 0.15) is 10.4 Å². The summed E-state index contributed by atoms with van der Waals surface area (Å²) in [5.41, 5.74) is 0.348. The fraction of sp³-hybridized carbons (Fsp3) is 0.462. The van der Waals surface area contributed by atoms with E-state index in [9.17, 15) is 15.0 Å². The van der Waals surface area contributed by atoms with E-state index in [1.54, 1.807) is 6.07 Å². The van der Waals surface area contributed by atoms with Gasteiger partial charge in [-0.25, -0.2) is 0 Å². The Morgan fingerprint density at radius 1 is 1.20 bits per heavy atom. The third-order valence-corrected chi connectivity index (χ3v) is 3.67. The van der Waals surface area contributed by atoms with E-state index < -0.39 is 12.2 Å². The van der Waals surface area contributed by atoms with Crippen molar-refractivity contribution in [1.82, 2.24) is 4.90 Å². The Morgan fingerprint density at radius 3 is 2.55 bits per heavy atom. The molecule has 1 fully saturated rings. The van der Waals surface area contributed by atoms with Gasteiger partial charge >= 0.3 is 0 Å². The van der Waals surface area contributed by atoms with Crippen LogP contribution in [0, 0.1) is 0 Å². The summed E-state index contributed by atoms with van der Waals surface area (Å²) >= 11 is 6.08. The summed E-state index contributed by atoms with van der Waals surface area (Å²) in [4.78, 5) is 13.7. The number of benzene rings is 1. The predicted molar refractivity (Wildman–Crippen MR) is 70.4 cm³/mol. The van der Waals surface area contributed by atoms with Crippen LogP contribution in [-0.4, -0.2) is 59.5 Å². The number of rotatable bonds is 1. The van der Waals surface area contributed by atoms with Crippen LogP contribution in [0.3, 0.4) is 0 Å². The van der Waals surface area contributed by atoms with Crippen molar-refractivity contribution >= 4 is 17.5 Å². The van der Waals surface area contributed by atoms with Crippen molar-refractivity contribution in [2.45, 2.75) is 12.2 Å². The Morgan fingerprint density at radius 2 is 1.85 bits per heavy atom. The lowest BCUT2D eigenvalue weighted by Gasteiger charge is -2.21. The summed E-state index contributed by atoms with van der Waals surface area (Å²) in [6, 6.07) is 3.08. The van der Waals surface area contributed by atoms with E-state index in [2.05, 4.69) is 0 Å². The smallest absolute Gasteiger partial charge is 0.254 e. The van der Waals surface area contributed by atoms with Gasteiger partial charge in [-0.05, 0) is 12.1 Å². The van der Waals surface area contributed by atoms with Crippen LogP contribution < -0.4 is 9.47 Å². The number of aliphatic hydroxyl groups excluding tert-OH is 2. The van der Waals surface area contributed by atoms with Gasteiger partial charge in [-0.3, -0.25) is 4.79 Å². The zero-order valence-electron chi connectivity index (χ0n) is 10.6. The van der Waals surface area contributed by atoms with Gasteiger partial charge in [0.15, 0.2) is 11.5 Å². The lowest BCUT2D eigenvalue weighted by Crippen LogP contribution is -2.30. The molecule has 2 heterocycles. The van der Waals surface area contributed by atoms with Crippen LogP contribution in [-0.2, 0) is 0 Å². The highest BCUT2D eigenvalue weighted by Gasteiger charge is 2.33. The van der Waals surface area contributed by atoms with Gasteiger partial charge in [-0.15, -0.1) is 0 Å². The number of hydrogen-bond donors (Lipinski definition) is 2. The lowest BCUT2D eigenvalue weighted by molar-refractivity contribution is 0.0572. The maximum absolute atomic E-state index is 12.3. The molecule has 7 heteroatoms. The highest BCUT2D eigenvalue weighted by atomic mass is 35.5. The first-order valence-corrected chi connectivity index (χ1v) is 6.68. The fourth-order valence-electron chi connectivity index (χ4n) is 2.35. The first kappa shape index (κ1) is 13.5. The number of aliphatic hydroxyl groups is 2. The Kier molecular flexibility index (Phi) is 3.45. The number of halogens is 1. The van der Waals surface area contributed by atoms with E-state index in [0.717, 1.165) is 0 Å². The highest BCUT2D eigenvalue weighted by molar-refractivity contribution is 6.32. The molecular formula is C13H14ClNO5. The minimum Gasteiger partial charge on any atom is -0.486 e. The molecule has 1 amide bonds. The van der Waals surface area contributed by atoms with Crippen molar-refractivity contribution in [3.63, 3.8) is 0 Å². The first-order chi connectivity index (χ1) is 9.56. The second-order valence-electron chi connectivity index (χ2n) is 4.83. The molecule has 20 heavy (non-hydrogen) atoms. The molecule has 2 aliphatic rings. The number of carbonyl (C=O) groups excluding carboxylic acids is 1. The molecule has 2 unspecified atom stereocenters. The lowest BCUT2D eigenvalue weighted by atomic mass is 10.1. The van der Waals surface area contributed by atoms with Gasteiger partial charge in [0.2, 0.25) is 0 Å². The monoisotopic (exact) mass is 299 g/mol. The number of β-amino-alcohol motifs (C(OH)–C–C–N with tert-alkyl or cyclic N) is 2. The van der Waals surface area contributed by atoms with E-state index in [0.29, 0.717) is 35.3 Å². The number of hydrogen-bond acceptors (Lipinski definition) is 5. The molecule has 0 bridgehead atoms. The minimum atomic E-state index is -0.911. The molecule has 0 saturated carbocycles. The van der Waals surface area contributed by atoms with E-state index >= 15 is 0 Å². The molecule has 108 valence electrons. The number of carbonyl (C=O) groups is 1. The Balaban J connectivity index is 1.87. The van der Waals surface area contributed by atoms with Gasteiger partial charge < -0.3 is 24.6 Å². The van der Waals surface area contributed by atoms with Gasteiger partial charge in [-0.2, -0.15) is 0 Å². The molecule has 2 aliphatic heterocycles. The standard InChI is InChI=1S/C13H14ClNO5/c14-8-3-7(4-11-12(8)20-2-1-19-11)13(18)15-5-9(16)10(17)6-15/h3-4,9-10,16-17H,1-2,5-6H2. The second kappa shape index (κ2) is 5.12. The number of ether oxygens (including phenoxy) is 2. The summed E-state index contributed by atoms with van der Waals surface area (Å²) in [5.74, 6) is 0.572. The molecule has 6 nitrogen and oxygen atoms in total. The molecule has 1 aromatic carbocycles. The van der Waals surface area contributed by atoms with Gasteiger partial charge in [0.25, 0.3) is 5.91 Å². The van der Waals surface area contributed by atoms with Crippen molar-refractivity contribution in [1.29, 1.82) is 0 Å². The zero-order chi connectivity index (χ0) is 14.3. The van der Waals surface area contributed by atoms with Crippen molar-refractivity contribution in [3.05, 3.63) is 22.7 Å². The van der Waals surface area contributed by atoms with E-state index in [1.165, 1.54) is 11.0 Å². The van der Waals surface area contributed by atoms with Gasteiger partial charge in [0, 0.05) is 18.7 Å². The maximum atomic E-state index is 12.3. The molecule has 0 aliphatic carbocycles. The third-order valence-electron chi connectivity index (χ3n) is 3.39. The van der Waals surface area contributed by atoms with Gasteiger partial charge in [0.05, 0.1) is 17.2 Å². The van der Waals surface area contributed by atoms with Crippen LogP contribution in [0.5, 0.6) is 11.5 Å². The average molecular weight is 300 g/mol. The van der Waals surface area contributed by atoms with Crippen molar-refractivity contribution < 1.29 is 24.5 Å². The van der Waals surface area contributed by atoms with Crippen molar-refractivity contribution in [3.8, 4) is 11.5 Å². The largest absolute Gasteiger partial charge is 0.486 e. The minimum absolute atomic E-state index is 0.103. The predicted octanol–water partition coefficient (Wildman–Crippen LogP) is 0.289. The average Bonchev–Trinajstić information content (AvgIpc) is 2.78. The molecule has 2 atom stereocenters. The fourth-order valence-corrected chi connectivity index (χ4v) is 2.62. The molecule has 2 N–H and O–H groups in total. The van der Waals surface area contributed by atoms with Crippen LogP contribution in [0.2, 0.25) is 5.02 Å². The first-order valence-electron chi connectivity index (χ1n) is 6.31. The third kappa shape index (κ3) is 2.30. The van der Waals surface area contributed by atoms with Crippen molar-refractivity contribution in [2.75, 3.05) is 26.3 Å². The van der Waals surface area contributed by atoms with Crippen LogP contribution >= 0.6 is 11.6 Å². The molecule has 3 rings (SSSR count). The van der Waals surface area contributed by atoms with Crippen molar-refractivity contribution in [2.24, 2.45) is 0 Å². The SMILES string of the molecule is O=C(c1cc(Cl)c2c(c1)OCCO2)N1CC(O)C(O)C1. The van der Waals surface area contributed by atoms with E-state index in [-0.39, 0.29) is 19.0 Å². The Bertz CT molecular complexity index is 540. The topological polar surface area (TPSA) is 79.2 Å². The summed E-state index contributed by atoms with van der Waals surface area (Å²) in [6.07, 6.45) is -1.82. The highest BCUT2D eigenvalue weighted by Crippen LogP contribution is 2.38. The summed E-state index contributed by atoms with van der Waals surface area (Å²) in [5, 5.41) is 19.3. The summed E-state index contributed by atoms with van der Waals surface area (Å²) < 4.78 is 10.8. The summed E-state index contributed by atoms with van der Waals surface area (Å²) in [7, 11) is 0. The number of likely N-dealkylation sites (tertiary alicyclic amines) is 1. The molecule has 0 radical (unpaired) electrons. The Labute approximate surface area is 120 Å². The molecule has 0 spiro atoms. The van der Waals surface area contributed by atoms with Crippen LogP contribution in [0.4, 0.5) is 0 Å². The molecule has 0 aromatic heterocycles. The number of amides is 1. The van der Waals surface area contributed by atoms with Gasteiger partial charge in [-0.1, -0.05) is 11.6 Å². The van der Waals surface area contributed by atoms with Gasteiger partial charge in [0.1, 0.15) is 13.2 Å². The van der Waals surface area contributed by atoms with Crippen LogP contribution in [0.15, 0.2) is 12.1 Å². The number of fused-ring (bicyclic) bond motifs is 1. The number of nitrogens with zero attached hydrogens (tertiary/aromatic N) is 1. The quantitative estimate of drug-likeness (QED) is 0.779. The summed E-state index contributed by atoms with van der Waals surface area (Å²) in [6.45, 7) is 1.03. The molecule has 1 saturated heterocycles. The zero-order valence-corrected chi connectivity index (χ0v) is 11.3. The molecule has 1 aromatic rings. The van der Waals surface area contributed by atoms with E-state index in [4.69, 9.17) is 21.1 Å².